The second-order valence-corrected chi connectivity index (χ2v) is 15.2. The predicted molar refractivity (Wildman–Crippen MR) is 169 cm³/mol. The predicted octanol–water partition coefficient (Wildman–Crippen LogP) is 6.82. The number of hydrogen-bond acceptors (Lipinski definition) is 6. The summed E-state index contributed by atoms with van der Waals surface area (Å²) in [4.78, 5) is 35.4. The van der Waals surface area contributed by atoms with Crippen LogP contribution in [0.5, 0.6) is 0 Å². The molecule has 3 saturated carbocycles. The molecule has 0 aromatic rings. The van der Waals surface area contributed by atoms with Crippen molar-refractivity contribution in [2.75, 3.05) is 40.3 Å². The quantitative estimate of drug-likeness (QED) is 0.193. The van der Waals surface area contributed by atoms with Gasteiger partial charge in [0.05, 0.1) is 5.71 Å². The number of carbonyl (C=O) groups excluding carboxylic acids is 2. The number of carbonyl (C=O) groups is 2. The molecular weight excluding hydrogens is 524 g/mol. The first-order valence-electron chi connectivity index (χ1n) is 17.2. The van der Waals surface area contributed by atoms with Crippen LogP contribution in [0.3, 0.4) is 0 Å². The molecule has 1 heterocycles. The van der Waals surface area contributed by atoms with Crippen LogP contribution < -0.4 is 5.32 Å². The molecule has 4 aliphatic carbocycles. The van der Waals surface area contributed by atoms with Crippen LogP contribution in [-0.4, -0.2) is 73.7 Å². The average molecular weight is 583 g/mol. The molecule has 0 radical (unpaired) electrons. The topological polar surface area (TPSA) is 74.2 Å². The fourth-order valence-electron chi connectivity index (χ4n) is 10.0. The molecule has 1 N–H and O–H groups in total. The number of rotatable bonds is 8. The Balaban J connectivity index is 1.27. The lowest BCUT2D eigenvalue weighted by atomic mass is 9.58. The van der Waals surface area contributed by atoms with E-state index >= 15 is 0 Å². The van der Waals surface area contributed by atoms with E-state index in [0.717, 1.165) is 44.5 Å². The molecule has 0 spiro atoms. The Morgan fingerprint density at radius 1 is 0.976 bits per heavy atom. The maximum absolute atomic E-state index is 13.3. The minimum Gasteiger partial charge on any atom is -0.314 e. The number of nitrogens with zero attached hydrogens (tertiary/aromatic N) is 3. The summed E-state index contributed by atoms with van der Waals surface area (Å²) in [6.45, 7) is 10.4. The van der Waals surface area contributed by atoms with Crippen molar-refractivity contribution < 1.29 is 14.4 Å². The summed E-state index contributed by atoms with van der Waals surface area (Å²) >= 11 is 0. The smallest absolute Gasteiger partial charge is 0.314 e. The Morgan fingerprint density at radius 2 is 1.81 bits per heavy atom. The van der Waals surface area contributed by atoms with Gasteiger partial charge in [0, 0.05) is 38.0 Å². The Kier molecular flexibility index (Phi) is 10.2. The lowest BCUT2D eigenvalue weighted by molar-refractivity contribution is -0.116. The summed E-state index contributed by atoms with van der Waals surface area (Å²) in [5.74, 6) is 2.74. The molecule has 1 saturated heterocycles. The number of piperidine rings is 1. The number of hydrogen-bond donors (Lipinski definition) is 1. The Morgan fingerprint density at radius 3 is 2.57 bits per heavy atom. The van der Waals surface area contributed by atoms with Crippen molar-refractivity contribution in [3.05, 3.63) is 11.6 Å². The number of ketones is 1. The molecule has 7 atom stereocenters. The zero-order valence-corrected chi connectivity index (χ0v) is 27.3. The van der Waals surface area contributed by atoms with Gasteiger partial charge in [-0.3, -0.25) is 9.63 Å². The summed E-state index contributed by atoms with van der Waals surface area (Å²) in [6, 6.07) is 0.486. The Bertz CT molecular complexity index is 1030. The van der Waals surface area contributed by atoms with E-state index in [-0.39, 0.29) is 16.9 Å². The molecule has 7 nitrogen and oxygen atoms in total. The second kappa shape index (κ2) is 13.5. The summed E-state index contributed by atoms with van der Waals surface area (Å²) < 4.78 is 0. The van der Waals surface area contributed by atoms with E-state index in [9.17, 15) is 9.59 Å². The molecule has 236 valence electrons. The van der Waals surface area contributed by atoms with E-state index in [1.165, 1.54) is 63.4 Å². The summed E-state index contributed by atoms with van der Waals surface area (Å²) in [7, 11) is 4.09. The summed E-state index contributed by atoms with van der Waals surface area (Å²) in [5.41, 5.74) is 2.82. The number of fused-ring (bicyclic) bond motifs is 5. The number of likely N-dealkylation sites (N-methyl/N-ethyl adjacent to an activating group) is 1. The number of amides is 1. The Hall–Kier alpha value is -1.73. The van der Waals surface area contributed by atoms with Crippen LogP contribution in [0.25, 0.3) is 0 Å². The summed E-state index contributed by atoms with van der Waals surface area (Å²) in [6.07, 6.45) is 17.8. The maximum atomic E-state index is 13.3. The van der Waals surface area contributed by atoms with Gasteiger partial charge >= 0.3 is 6.09 Å². The SMILES string of the molecule is C/C(=N\OC(=O)N(CCC1CCCCN1)CCN(C)C)[C@H]1CC[C@H]2[C@@H]3CCCC4=CC(=O)CC[C@]4(C)[C@H]3CCC[C@]12C. The molecular formula is C35H58N4O3. The fourth-order valence-corrected chi connectivity index (χ4v) is 10.0. The van der Waals surface area contributed by atoms with Crippen LogP contribution in [0, 0.1) is 34.5 Å². The van der Waals surface area contributed by atoms with E-state index in [4.69, 9.17) is 4.84 Å². The number of nitrogens with one attached hydrogen (secondary N) is 1. The highest BCUT2D eigenvalue weighted by Gasteiger charge is 2.56. The molecule has 5 aliphatic rings. The molecule has 1 aliphatic heterocycles. The monoisotopic (exact) mass is 582 g/mol. The molecule has 5 rings (SSSR count). The summed E-state index contributed by atoms with van der Waals surface area (Å²) in [5, 5.41) is 8.19. The highest BCUT2D eigenvalue weighted by atomic mass is 16.7. The van der Waals surface area contributed by atoms with Crippen molar-refractivity contribution >= 4 is 17.6 Å². The molecule has 4 fully saturated rings. The molecule has 0 aromatic carbocycles. The van der Waals surface area contributed by atoms with E-state index < -0.39 is 0 Å². The third-order valence-electron chi connectivity index (χ3n) is 12.4. The van der Waals surface area contributed by atoms with E-state index in [0.29, 0.717) is 55.0 Å². The highest BCUT2D eigenvalue weighted by molar-refractivity contribution is 5.91. The molecule has 1 unspecified atom stereocenters. The lowest BCUT2D eigenvalue weighted by Gasteiger charge is -2.46. The zero-order chi connectivity index (χ0) is 29.9. The van der Waals surface area contributed by atoms with Crippen molar-refractivity contribution in [3.8, 4) is 0 Å². The largest absolute Gasteiger partial charge is 0.436 e. The van der Waals surface area contributed by atoms with Crippen molar-refractivity contribution in [2.24, 2.45) is 39.7 Å². The van der Waals surface area contributed by atoms with Gasteiger partial charge in [-0.25, -0.2) is 4.79 Å². The maximum Gasteiger partial charge on any atom is 0.436 e. The van der Waals surface area contributed by atoms with Crippen LogP contribution in [0.1, 0.15) is 111 Å². The van der Waals surface area contributed by atoms with Gasteiger partial charge in [-0.2, -0.15) is 0 Å². The van der Waals surface area contributed by atoms with Crippen molar-refractivity contribution in [1.29, 1.82) is 0 Å². The van der Waals surface area contributed by atoms with E-state index in [2.05, 4.69) is 36.1 Å². The lowest BCUT2D eigenvalue weighted by Crippen LogP contribution is -2.42. The minimum absolute atomic E-state index is 0.181. The van der Waals surface area contributed by atoms with Crippen molar-refractivity contribution in [1.82, 2.24) is 15.1 Å². The van der Waals surface area contributed by atoms with E-state index in [1.54, 1.807) is 0 Å². The third kappa shape index (κ3) is 6.67. The van der Waals surface area contributed by atoms with Gasteiger partial charge in [0.1, 0.15) is 0 Å². The van der Waals surface area contributed by atoms with Crippen LogP contribution in [0.4, 0.5) is 4.79 Å². The highest BCUT2D eigenvalue weighted by Crippen LogP contribution is 2.64. The van der Waals surface area contributed by atoms with Crippen LogP contribution in [0.15, 0.2) is 16.8 Å². The van der Waals surface area contributed by atoms with Gasteiger partial charge < -0.3 is 15.1 Å². The fraction of sp³-hybridized carbons (Fsp3) is 0.857. The molecule has 42 heavy (non-hydrogen) atoms. The first-order chi connectivity index (χ1) is 20.1. The second-order valence-electron chi connectivity index (χ2n) is 15.2. The normalized spacial score (nSPS) is 37.2. The molecule has 0 bridgehead atoms. The average Bonchev–Trinajstić information content (AvgIpc) is 3.14. The first kappa shape index (κ1) is 31.7. The third-order valence-corrected chi connectivity index (χ3v) is 12.4. The van der Waals surface area contributed by atoms with Crippen molar-refractivity contribution in [2.45, 2.75) is 117 Å². The van der Waals surface area contributed by atoms with Gasteiger partial charge in [-0.05, 0) is 133 Å². The Labute approximate surface area is 255 Å². The van der Waals surface area contributed by atoms with Gasteiger partial charge in [-0.1, -0.05) is 37.4 Å². The minimum atomic E-state index is -0.310. The molecule has 1 amide bonds. The number of allylic oxidation sites excluding steroid dienone is 2. The van der Waals surface area contributed by atoms with Crippen LogP contribution in [-0.2, 0) is 9.63 Å². The standard InChI is InChI=1S/C35H58N4O3/c1-25(37-42-33(41)39(23-22-38(4)5)21-17-27-11-6-7-20-36-27)30-14-15-32-29-12-8-10-26-24-28(40)16-19-34(26,2)31(29)13-9-18-35(30,32)3/h24,27,29-32,36H,6-23H2,1-5H3/b37-25+/t27?,29-,30-,31+,32+,34+,35-/m1/s1. The van der Waals surface area contributed by atoms with Gasteiger partial charge in [0.25, 0.3) is 0 Å². The van der Waals surface area contributed by atoms with Crippen LogP contribution >= 0.6 is 0 Å². The van der Waals surface area contributed by atoms with Gasteiger partial charge in [-0.15, -0.1) is 0 Å². The zero-order valence-electron chi connectivity index (χ0n) is 27.3. The molecule has 7 heteroatoms. The van der Waals surface area contributed by atoms with Crippen LogP contribution in [0.2, 0.25) is 0 Å². The first-order valence-corrected chi connectivity index (χ1v) is 17.2. The van der Waals surface area contributed by atoms with Gasteiger partial charge in [0.2, 0.25) is 0 Å². The molecule has 0 aromatic heterocycles. The van der Waals surface area contributed by atoms with Crippen molar-refractivity contribution in [3.63, 3.8) is 0 Å². The number of oxime groups is 1. The van der Waals surface area contributed by atoms with E-state index in [1.807, 2.05) is 25.1 Å². The van der Waals surface area contributed by atoms with Gasteiger partial charge in [0.15, 0.2) is 5.78 Å².